The second-order valence-electron chi connectivity index (χ2n) is 6.84. The summed E-state index contributed by atoms with van der Waals surface area (Å²) in [5.41, 5.74) is 0. The second kappa shape index (κ2) is 7.05. The van der Waals surface area contributed by atoms with Gasteiger partial charge in [-0.05, 0) is 46.1 Å². The first-order chi connectivity index (χ1) is 9.10. The van der Waals surface area contributed by atoms with Gasteiger partial charge in [0.05, 0.1) is 0 Å². The van der Waals surface area contributed by atoms with Crippen LogP contribution in [0, 0.1) is 5.92 Å². The molecule has 0 aromatic rings. The van der Waals surface area contributed by atoms with E-state index in [0.717, 1.165) is 18.0 Å². The van der Waals surface area contributed by atoms with Crippen molar-refractivity contribution in [2.45, 2.75) is 52.6 Å². The highest BCUT2D eigenvalue weighted by Gasteiger charge is 2.28. The number of hydrogen-bond donors (Lipinski definition) is 0. The number of nitrogens with zero attached hydrogens (tertiary/aromatic N) is 3. The Labute approximate surface area is 119 Å². The first kappa shape index (κ1) is 15.3. The summed E-state index contributed by atoms with van der Waals surface area (Å²) in [5, 5.41) is 0. The zero-order chi connectivity index (χ0) is 13.8. The number of rotatable bonds is 5. The highest BCUT2D eigenvalue weighted by atomic mass is 15.3. The van der Waals surface area contributed by atoms with Gasteiger partial charge in [-0.3, -0.25) is 4.90 Å². The Morgan fingerprint density at radius 1 is 0.947 bits per heavy atom. The fourth-order valence-electron chi connectivity index (χ4n) is 3.50. The summed E-state index contributed by atoms with van der Waals surface area (Å²) in [4.78, 5) is 8.00. The molecule has 3 nitrogen and oxygen atoms in total. The second-order valence-corrected chi connectivity index (χ2v) is 6.84. The van der Waals surface area contributed by atoms with Crippen LogP contribution in [-0.2, 0) is 0 Å². The summed E-state index contributed by atoms with van der Waals surface area (Å²) < 4.78 is 0. The van der Waals surface area contributed by atoms with E-state index < -0.39 is 0 Å². The number of piperazine rings is 1. The van der Waals surface area contributed by atoms with Crippen LogP contribution in [0.4, 0.5) is 0 Å². The van der Waals surface area contributed by atoms with Gasteiger partial charge in [-0.25, -0.2) is 0 Å². The van der Waals surface area contributed by atoms with Gasteiger partial charge < -0.3 is 9.80 Å². The third-order valence-electron chi connectivity index (χ3n) is 5.19. The minimum Gasteiger partial charge on any atom is -0.300 e. The van der Waals surface area contributed by atoms with Crippen LogP contribution >= 0.6 is 0 Å². The fourth-order valence-corrected chi connectivity index (χ4v) is 3.50. The molecule has 0 spiro atoms. The van der Waals surface area contributed by atoms with Gasteiger partial charge in [0.1, 0.15) is 0 Å². The van der Waals surface area contributed by atoms with Gasteiger partial charge in [0.15, 0.2) is 0 Å². The Morgan fingerprint density at radius 3 is 2.21 bits per heavy atom. The van der Waals surface area contributed by atoms with Crippen molar-refractivity contribution in [3.63, 3.8) is 0 Å². The SMILES string of the molecule is CCC(C)N1CCC(CN2CCN(C(C)C)CC2)C1. The molecule has 0 N–H and O–H groups in total. The Balaban J connectivity index is 1.69. The summed E-state index contributed by atoms with van der Waals surface area (Å²) >= 11 is 0. The van der Waals surface area contributed by atoms with Gasteiger partial charge in [-0.1, -0.05) is 6.92 Å². The first-order valence-electron chi connectivity index (χ1n) is 8.30. The molecule has 112 valence electrons. The van der Waals surface area contributed by atoms with E-state index in [2.05, 4.69) is 42.4 Å². The standard InChI is InChI=1S/C16H33N3/c1-5-15(4)19-7-6-16(13-19)12-17-8-10-18(11-9-17)14(2)3/h14-16H,5-13H2,1-4H3. The summed E-state index contributed by atoms with van der Waals surface area (Å²) in [7, 11) is 0. The third-order valence-corrected chi connectivity index (χ3v) is 5.19. The van der Waals surface area contributed by atoms with Crippen LogP contribution in [0.15, 0.2) is 0 Å². The van der Waals surface area contributed by atoms with Gasteiger partial charge in [-0.2, -0.15) is 0 Å². The molecule has 2 rings (SSSR count). The zero-order valence-corrected chi connectivity index (χ0v) is 13.4. The molecule has 0 aromatic carbocycles. The van der Waals surface area contributed by atoms with Crippen molar-refractivity contribution in [2.24, 2.45) is 5.92 Å². The molecule has 0 aliphatic carbocycles. The van der Waals surface area contributed by atoms with Gasteiger partial charge in [-0.15, -0.1) is 0 Å². The molecule has 0 bridgehead atoms. The van der Waals surface area contributed by atoms with Crippen molar-refractivity contribution < 1.29 is 0 Å². The van der Waals surface area contributed by atoms with Crippen LogP contribution in [0.3, 0.4) is 0 Å². The molecule has 0 saturated carbocycles. The lowest BCUT2D eigenvalue weighted by atomic mass is 10.1. The Hall–Kier alpha value is -0.120. The van der Waals surface area contributed by atoms with Gasteiger partial charge in [0.2, 0.25) is 0 Å². The van der Waals surface area contributed by atoms with E-state index in [9.17, 15) is 0 Å². The number of likely N-dealkylation sites (tertiary alicyclic amines) is 1. The predicted molar refractivity (Wildman–Crippen MR) is 82.6 cm³/mol. The lowest BCUT2D eigenvalue weighted by Crippen LogP contribution is -2.50. The van der Waals surface area contributed by atoms with E-state index in [4.69, 9.17) is 0 Å². The molecule has 0 amide bonds. The molecule has 2 atom stereocenters. The largest absolute Gasteiger partial charge is 0.300 e. The third kappa shape index (κ3) is 4.17. The lowest BCUT2D eigenvalue weighted by Gasteiger charge is -2.38. The lowest BCUT2D eigenvalue weighted by molar-refractivity contribution is 0.0964. The van der Waals surface area contributed by atoms with Crippen molar-refractivity contribution in [1.82, 2.24) is 14.7 Å². The molecule has 2 aliphatic heterocycles. The molecular weight excluding hydrogens is 234 g/mol. The highest BCUT2D eigenvalue weighted by molar-refractivity contribution is 4.83. The van der Waals surface area contributed by atoms with Crippen molar-refractivity contribution in [3.05, 3.63) is 0 Å². The first-order valence-corrected chi connectivity index (χ1v) is 8.30. The molecule has 3 heteroatoms. The van der Waals surface area contributed by atoms with E-state index in [-0.39, 0.29) is 0 Å². The molecular formula is C16H33N3. The van der Waals surface area contributed by atoms with Crippen molar-refractivity contribution in [2.75, 3.05) is 45.8 Å². The van der Waals surface area contributed by atoms with Crippen LogP contribution in [0.2, 0.25) is 0 Å². The van der Waals surface area contributed by atoms with E-state index in [0.29, 0.717) is 0 Å². The van der Waals surface area contributed by atoms with Crippen molar-refractivity contribution in [1.29, 1.82) is 0 Å². The molecule has 19 heavy (non-hydrogen) atoms. The van der Waals surface area contributed by atoms with E-state index >= 15 is 0 Å². The van der Waals surface area contributed by atoms with Crippen molar-refractivity contribution >= 4 is 0 Å². The highest BCUT2D eigenvalue weighted by Crippen LogP contribution is 2.21. The van der Waals surface area contributed by atoms with E-state index in [1.54, 1.807) is 0 Å². The van der Waals surface area contributed by atoms with Crippen LogP contribution in [0.1, 0.15) is 40.5 Å². The Bertz CT molecular complexity index is 259. The van der Waals surface area contributed by atoms with Crippen LogP contribution in [0.25, 0.3) is 0 Å². The number of hydrogen-bond acceptors (Lipinski definition) is 3. The van der Waals surface area contributed by atoms with Crippen LogP contribution < -0.4 is 0 Å². The zero-order valence-electron chi connectivity index (χ0n) is 13.4. The maximum absolute atomic E-state index is 2.70. The van der Waals surface area contributed by atoms with Crippen molar-refractivity contribution in [3.8, 4) is 0 Å². The molecule has 2 heterocycles. The molecule has 2 unspecified atom stereocenters. The minimum atomic E-state index is 0.717. The van der Waals surface area contributed by atoms with Crippen LogP contribution in [0.5, 0.6) is 0 Å². The molecule has 0 aromatic heterocycles. The van der Waals surface area contributed by atoms with E-state index in [1.165, 1.54) is 58.7 Å². The summed E-state index contributed by atoms with van der Waals surface area (Å²) in [5.74, 6) is 0.916. The van der Waals surface area contributed by atoms with Crippen LogP contribution in [-0.4, -0.2) is 72.6 Å². The molecule has 0 radical (unpaired) electrons. The molecule has 2 fully saturated rings. The summed E-state index contributed by atoms with van der Waals surface area (Å²) in [6.45, 7) is 18.4. The summed E-state index contributed by atoms with van der Waals surface area (Å²) in [6, 6.07) is 1.50. The Morgan fingerprint density at radius 2 is 1.63 bits per heavy atom. The maximum Gasteiger partial charge on any atom is 0.0113 e. The maximum atomic E-state index is 2.70. The topological polar surface area (TPSA) is 9.72 Å². The fraction of sp³-hybridized carbons (Fsp3) is 1.00. The van der Waals surface area contributed by atoms with Gasteiger partial charge in [0, 0.05) is 51.4 Å². The van der Waals surface area contributed by atoms with Gasteiger partial charge >= 0.3 is 0 Å². The summed E-state index contributed by atoms with van der Waals surface area (Å²) in [6.07, 6.45) is 2.70. The predicted octanol–water partition coefficient (Wildman–Crippen LogP) is 2.13. The normalized spacial score (nSPS) is 29.2. The molecule has 2 saturated heterocycles. The average molecular weight is 267 g/mol. The van der Waals surface area contributed by atoms with E-state index in [1.807, 2.05) is 0 Å². The minimum absolute atomic E-state index is 0.717. The molecule has 2 aliphatic rings. The quantitative estimate of drug-likeness (QED) is 0.755. The Kier molecular flexibility index (Phi) is 5.67. The monoisotopic (exact) mass is 267 g/mol. The van der Waals surface area contributed by atoms with Gasteiger partial charge in [0.25, 0.3) is 0 Å². The smallest absolute Gasteiger partial charge is 0.0113 e. The average Bonchev–Trinajstić information content (AvgIpc) is 2.87.